The molecule has 1 aromatic heterocycles. The van der Waals surface area contributed by atoms with Crippen LogP contribution in [0.25, 0.3) is 0 Å². The first-order chi connectivity index (χ1) is 9.85. The topological polar surface area (TPSA) is 106 Å². The molecule has 0 bridgehead atoms. The summed E-state index contributed by atoms with van der Waals surface area (Å²) in [6.07, 6.45) is 1.37. The van der Waals surface area contributed by atoms with Crippen molar-refractivity contribution in [3.63, 3.8) is 0 Å². The van der Waals surface area contributed by atoms with Crippen molar-refractivity contribution in [2.45, 2.75) is 4.90 Å². The third kappa shape index (κ3) is 3.00. The van der Waals surface area contributed by atoms with E-state index in [4.69, 9.17) is 5.73 Å². The molecule has 0 fully saturated rings. The first-order valence-corrected chi connectivity index (χ1v) is 7.59. The highest BCUT2D eigenvalue weighted by Crippen LogP contribution is 2.22. The molecule has 0 spiro atoms. The number of carbonyl (C=O) groups excluding carboxylic acids is 1. The lowest BCUT2D eigenvalue weighted by Crippen LogP contribution is -2.20. The van der Waals surface area contributed by atoms with Gasteiger partial charge in [0, 0.05) is 20.3 Å². The molecule has 2 aromatic rings. The number of nitrogens with two attached hydrogens (primary N) is 1. The van der Waals surface area contributed by atoms with E-state index in [9.17, 15) is 13.2 Å². The maximum Gasteiger partial charge on any atom is 0.267 e. The van der Waals surface area contributed by atoms with E-state index in [1.807, 2.05) is 0 Å². The number of rotatable bonds is 4. The molecular formula is C13H16N4O3S. The van der Waals surface area contributed by atoms with Crippen molar-refractivity contribution in [2.24, 2.45) is 7.05 Å². The molecule has 7 nitrogen and oxygen atoms in total. The molecule has 4 N–H and O–H groups in total. The molecule has 21 heavy (non-hydrogen) atoms. The van der Waals surface area contributed by atoms with E-state index in [2.05, 4.69) is 10.0 Å². The number of benzene rings is 1. The zero-order valence-electron chi connectivity index (χ0n) is 11.6. The van der Waals surface area contributed by atoms with Gasteiger partial charge in [0.2, 0.25) is 0 Å². The van der Waals surface area contributed by atoms with Gasteiger partial charge in [-0.1, -0.05) is 12.1 Å². The lowest BCUT2D eigenvalue weighted by Gasteiger charge is -2.08. The Morgan fingerprint density at radius 2 is 1.95 bits per heavy atom. The van der Waals surface area contributed by atoms with Gasteiger partial charge < -0.3 is 15.6 Å². The Labute approximate surface area is 122 Å². The average Bonchev–Trinajstić information content (AvgIpc) is 2.83. The van der Waals surface area contributed by atoms with E-state index in [0.717, 1.165) is 0 Å². The molecular weight excluding hydrogens is 292 g/mol. The molecule has 0 saturated heterocycles. The van der Waals surface area contributed by atoms with Crippen molar-refractivity contribution in [1.29, 1.82) is 0 Å². The fourth-order valence-electron chi connectivity index (χ4n) is 1.83. The van der Waals surface area contributed by atoms with Crippen molar-refractivity contribution in [2.75, 3.05) is 17.5 Å². The van der Waals surface area contributed by atoms with E-state index in [-0.39, 0.29) is 16.5 Å². The molecule has 2 rings (SSSR count). The van der Waals surface area contributed by atoms with E-state index in [1.165, 1.54) is 23.9 Å². The highest BCUT2D eigenvalue weighted by atomic mass is 32.2. The monoisotopic (exact) mass is 308 g/mol. The summed E-state index contributed by atoms with van der Waals surface area (Å²) < 4.78 is 28.5. The SMILES string of the molecule is CNC(=O)c1cc(S(=O)(=O)Nc2ccccc2N)cn1C. The number of anilines is 2. The van der Waals surface area contributed by atoms with Crippen molar-refractivity contribution in [1.82, 2.24) is 9.88 Å². The fraction of sp³-hybridized carbons (Fsp3) is 0.154. The Kier molecular flexibility index (Phi) is 3.90. The van der Waals surface area contributed by atoms with Crippen molar-refractivity contribution in [3.8, 4) is 0 Å². The van der Waals surface area contributed by atoms with Gasteiger partial charge >= 0.3 is 0 Å². The third-order valence-corrected chi connectivity index (χ3v) is 4.29. The van der Waals surface area contributed by atoms with Gasteiger partial charge in [0.1, 0.15) is 10.6 Å². The maximum atomic E-state index is 12.3. The van der Waals surface area contributed by atoms with Crippen LogP contribution >= 0.6 is 0 Å². The van der Waals surface area contributed by atoms with Gasteiger partial charge in [0.05, 0.1) is 11.4 Å². The van der Waals surface area contributed by atoms with Crippen molar-refractivity contribution >= 4 is 27.3 Å². The molecule has 1 aromatic carbocycles. The number of nitrogens with zero attached hydrogens (tertiary/aromatic N) is 1. The zero-order chi connectivity index (χ0) is 15.6. The van der Waals surface area contributed by atoms with Gasteiger partial charge in [0.25, 0.3) is 15.9 Å². The Morgan fingerprint density at radius 3 is 2.57 bits per heavy atom. The van der Waals surface area contributed by atoms with E-state index in [1.54, 1.807) is 31.3 Å². The first-order valence-electron chi connectivity index (χ1n) is 6.11. The highest BCUT2D eigenvalue weighted by molar-refractivity contribution is 7.92. The number of carbonyl (C=O) groups is 1. The van der Waals surface area contributed by atoms with Crippen LogP contribution in [0.3, 0.4) is 0 Å². The summed E-state index contributed by atoms with van der Waals surface area (Å²) in [6, 6.07) is 7.85. The molecule has 112 valence electrons. The van der Waals surface area contributed by atoms with Crippen LogP contribution in [-0.4, -0.2) is 25.9 Å². The minimum Gasteiger partial charge on any atom is -0.397 e. The zero-order valence-corrected chi connectivity index (χ0v) is 12.4. The van der Waals surface area contributed by atoms with Crippen LogP contribution in [0.15, 0.2) is 41.4 Å². The van der Waals surface area contributed by atoms with Gasteiger partial charge in [-0.15, -0.1) is 0 Å². The van der Waals surface area contributed by atoms with Crippen LogP contribution in [0, 0.1) is 0 Å². The number of para-hydroxylation sites is 2. The molecule has 8 heteroatoms. The number of aryl methyl sites for hydroxylation is 1. The third-order valence-electron chi connectivity index (χ3n) is 2.95. The Hall–Kier alpha value is -2.48. The number of hydrogen-bond acceptors (Lipinski definition) is 4. The lowest BCUT2D eigenvalue weighted by molar-refractivity contribution is 0.0955. The van der Waals surface area contributed by atoms with Crippen LogP contribution in [0.2, 0.25) is 0 Å². The Morgan fingerprint density at radius 1 is 1.29 bits per heavy atom. The molecule has 1 heterocycles. The van der Waals surface area contributed by atoms with Crippen LogP contribution in [0.4, 0.5) is 11.4 Å². The minimum absolute atomic E-state index is 0.00754. The molecule has 0 aliphatic rings. The van der Waals surface area contributed by atoms with Gasteiger partial charge in [-0.05, 0) is 18.2 Å². The molecule has 0 radical (unpaired) electrons. The molecule has 0 atom stereocenters. The minimum atomic E-state index is -3.81. The van der Waals surface area contributed by atoms with Gasteiger partial charge in [-0.3, -0.25) is 9.52 Å². The fourth-order valence-corrected chi connectivity index (χ4v) is 2.99. The summed E-state index contributed by atoms with van der Waals surface area (Å²) in [5.41, 5.74) is 6.58. The number of nitrogens with one attached hydrogen (secondary N) is 2. The van der Waals surface area contributed by atoms with E-state index < -0.39 is 10.0 Å². The summed E-state index contributed by atoms with van der Waals surface area (Å²) >= 11 is 0. The number of nitrogen functional groups attached to an aromatic ring is 1. The summed E-state index contributed by atoms with van der Waals surface area (Å²) in [4.78, 5) is 11.6. The molecule has 0 unspecified atom stereocenters. The number of sulfonamides is 1. The second-order valence-corrected chi connectivity index (χ2v) is 6.13. The van der Waals surface area contributed by atoms with E-state index in [0.29, 0.717) is 11.4 Å². The van der Waals surface area contributed by atoms with Crippen LogP contribution in [0.1, 0.15) is 10.5 Å². The quantitative estimate of drug-likeness (QED) is 0.725. The average molecular weight is 308 g/mol. The first kappa shape index (κ1) is 14.9. The Bertz CT molecular complexity index is 780. The Balaban J connectivity index is 2.37. The van der Waals surface area contributed by atoms with Gasteiger partial charge in [-0.25, -0.2) is 8.42 Å². The second kappa shape index (κ2) is 5.49. The molecule has 0 saturated carbocycles. The summed E-state index contributed by atoms with van der Waals surface area (Å²) in [5.74, 6) is -0.363. The molecule has 1 amide bonds. The second-order valence-electron chi connectivity index (χ2n) is 4.44. The van der Waals surface area contributed by atoms with Crippen LogP contribution in [-0.2, 0) is 17.1 Å². The normalized spacial score (nSPS) is 11.1. The van der Waals surface area contributed by atoms with Gasteiger partial charge in [0.15, 0.2) is 0 Å². The standard InChI is InChI=1S/C13H16N4O3S/c1-15-13(18)12-7-9(8-17(12)2)21(19,20)16-11-6-4-3-5-10(11)14/h3-8,16H,14H2,1-2H3,(H,15,18). The molecule has 0 aliphatic heterocycles. The van der Waals surface area contributed by atoms with Crippen LogP contribution in [0.5, 0.6) is 0 Å². The van der Waals surface area contributed by atoms with Gasteiger partial charge in [-0.2, -0.15) is 0 Å². The van der Waals surface area contributed by atoms with Crippen LogP contribution < -0.4 is 15.8 Å². The predicted octanol–water partition coefficient (Wildman–Crippen LogP) is 0.768. The summed E-state index contributed by atoms with van der Waals surface area (Å²) in [5, 5.41) is 2.45. The highest BCUT2D eigenvalue weighted by Gasteiger charge is 2.20. The largest absolute Gasteiger partial charge is 0.397 e. The summed E-state index contributed by atoms with van der Waals surface area (Å²) in [7, 11) is -0.734. The smallest absolute Gasteiger partial charge is 0.267 e. The van der Waals surface area contributed by atoms with E-state index >= 15 is 0 Å². The molecule has 0 aliphatic carbocycles. The number of hydrogen-bond donors (Lipinski definition) is 3. The van der Waals surface area contributed by atoms with Crippen molar-refractivity contribution < 1.29 is 13.2 Å². The summed E-state index contributed by atoms with van der Waals surface area (Å²) in [6.45, 7) is 0. The maximum absolute atomic E-state index is 12.3. The number of aromatic nitrogens is 1. The lowest BCUT2D eigenvalue weighted by atomic mass is 10.3. The number of amides is 1. The predicted molar refractivity (Wildman–Crippen MR) is 80.5 cm³/mol. The van der Waals surface area contributed by atoms with Crippen molar-refractivity contribution in [3.05, 3.63) is 42.2 Å².